The Labute approximate surface area is 116 Å². The molecule has 0 aliphatic carbocycles. The Hall–Kier alpha value is -2.68. The molecule has 0 saturated heterocycles. The molecule has 20 heavy (non-hydrogen) atoms. The van der Waals surface area contributed by atoms with Crippen LogP contribution >= 0.6 is 0 Å². The van der Waals surface area contributed by atoms with Crippen molar-refractivity contribution >= 4 is 11.1 Å². The van der Waals surface area contributed by atoms with Crippen LogP contribution in [0.1, 0.15) is 11.1 Å². The Morgan fingerprint density at radius 2 is 1.85 bits per heavy atom. The summed E-state index contributed by atoms with van der Waals surface area (Å²) in [7, 11) is 0. The van der Waals surface area contributed by atoms with E-state index in [1.54, 1.807) is 18.4 Å². The first kappa shape index (κ1) is 11.2. The lowest BCUT2D eigenvalue weighted by molar-refractivity contribution is 0.364. The Morgan fingerprint density at radius 1 is 0.950 bits per heavy atom. The largest absolute Gasteiger partial charge is 0.508 e. The van der Waals surface area contributed by atoms with Crippen molar-refractivity contribution in [3.8, 4) is 17.2 Å². The minimum absolute atomic E-state index is 0.193. The maximum Gasteiger partial charge on any atom is 0.137 e. The maximum atomic E-state index is 9.58. The molecule has 2 aliphatic rings. The SMILES string of the molecule is Oc1ccc2c(c1)OC=CC1=C2COc2ccccc21. The van der Waals surface area contributed by atoms with Crippen molar-refractivity contribution in [1.82, 2.24) is 0 Å². The zero-order valence-electron chi connectivity index (χ0n) is 10.7. The van der Waals surface area contributed by atoms with Gasteiger partial charge in [0.1, 0.15) is 23.9 Å². The van der Waals surface area contributed by atoms with E-state index in [0.717, 1.165) is 28.0 Å². The van der Waals surface area contributed by atoms with Crippen LogP contribution in [0.3, 0.4) is 0 Å². The average molecular weight is 264 g/mol. The second-order valence-electron chi connectivity index (χ2n) is 4.78. The third-order valence-corrected chi connectivity index (χ3v) is 3.59. The van der Waals surface area contributed by atoms with Gasteiger partial charge in [0.25, 0.3) is 0 Å². The monoisotopic (exact) mass is 264 g/mol. The fourth-order valence-corrected chi connectivity index (χ4v) is 2.65. The molecular formula is C17H12O3. The van der Waals surface area contributed by atoms with Crippen LogP contribution in [0.15, 0.2) is 54.8 Å². The lowest BCUT2D eigenvalue weighted by Gasteiger charge is -2.22. The zero-order valence-corrected chi connectivity index (χ0v) is 10.7. The number of allylic oxidation sites excluding steroid dienone is 2. The fourth-order valence-electron chi connectivity index (χ4n) is 2.65. The predicted octanol–water partition coefficient (Wildman–Crippen LogP) is 3.60. The van der Waals surface area contributed by atoms with E-state index in [2.05, 4.69) is 0 Å². The van der Waals surface area contributed by atoms with Gasteiger partial charge < -0.3 is 14.6 Å². The first-order valence-electron chi connectivity index (χ1n) is 6.45. The zero-order chi connectivity index (χ0) is 13.5. The summed E-state index contributed by atoms with van der Waals surface area (Å²) in [5.74, 6) is 1.73. The summed E-state index contributed by atoms with van der Waals surface area (Å²) in [5, 5.41) is 9.58. The van der Waals surface area contributed by atoms with Gasteiger partial charge in [0.15, 0.2) is 0 Å². The van der Waals surface area contributed by atoms with Crippen LogP contribution in [0.2, 0.25) is 0 Å². The van der Waals surface area contributed by atoms with E-state index in [1.165, 1.54) is 0 Å². The van der Waals surface area contributed by atoms with E-state index in [-0.39, 0.29) is 5.75 Å². The molecule has 0 atom stereocenters. The van der Waals surface area contributed by atoms with Crippen molar-refractivity contribution in [3.05, 3.63) is 65.9 Å². The highest BCUT2D eigenvalue weighted by Gasteiger charge is 2.23. The highest BCUT2D eigenvalue weighted by Crippen LogP contribution is 2.42. The van der Waals surface area contributed by atoms with Crippen molar-refractivity contribution in [3.63, 3.8) is 0 Å². The average Bonchev–Trinajstić information content (AvgIpc) is 2.66. The third kappa shape index (κ3) is 1.60. The van der Waals surface area contributed by atoms with E-state index in [0.29, 0.717) is 12.4 Å². The minimum atomic E-state index is 0.193. The van der Waals surface area contributed by atoms with Crippen molar-refractivity contribution < 1.29 is 14.6 Å². The number of rotatable bonds is 0. The lowest BCUT2D eigenvalue weighted by Crippen LogP contribution is -2.09. The van der Waals surface area contributed by atoms with Crippen molar-refractivity contribution in [2.75, 3.05) is 6.61 Å². The summed E-state index contributed by atoms with van der Waals surface area (Å²) < 4.78 is 11.4. The molecule has 2 aromatic rings. The minimum Gasteiger partial charge on any atom is -0.508 e. The molecule has 1 N–H and O–H groups in total. The van der Waals surface area contributed by atoms with Crippen LogP contribution in [0.5, 0.6) is 17.2 Å². The second-order valence-corrected chi connectivity index (χ2v) is 4.78. The van der Waals surface area contributed by atoms with E-state index in [4.69, 9.17) is 9.47 Å². The molecular weight excluding hydrogens is 252 g/mol. The van der Waals surface area contributed by atoms with Gasteiger partial charge in [-0.2, -0.15) is 0 Å². The number of hydrogen-bond acceptors (Lipinski definition) is 3. The van der Waals surface area contributed by atoms with Gasteiger partial charge in [0.05, 0.1) is 6.26 Å². The molecule has 98 valence electrons. The van der Waals surface area contributed by atoms with Crippen molar-refractivity contribution in [2.24, 2.45) is 0 Å². The molecule has 2 aliphatic heterocycles. The molecule has 0 radical (unpaired) electrons. The topological polar surface area (TPSA) is 38.7 Å². The molecule has 0 spiro atoms. The normalized spacial score (nSPS) is 15.4. The van der Waals surface area contributed by atoms with Gasteiger partial charge in [0.2, 0.25) is 0 Å². The Balaban J connectivity index is 1.98. The van der Waals surface area contributed by atoms with Gasteiger partial charge in [-0.25, -0.2) is 0 Å². The summed E-state index contributed by atoms with van der Waals surface area (Å²) in [6, 6.07) is 13.1. The van der Waals surface area contributed by atoms with Gasteiger partial charge in [0, 0.05) is 22.8 Å². The smallest absolute Gasteiger partial charge is 0.137 e. The second kappa shape index (κ2) is 4.17. The lowest BCUT2D eigenvalue weighted by atomic mass is 9.92. The number of ether oxygens (including phenoxy) is 2. The maximum absolute atomic E-state index is 9.58. The molecule has 4 rings (SSSR count). The van der Waals surface area contributed by atoms with Gasteiger partial charge in [-0.15, -0.1) is 0 Å². The van der Waals surface area contributed by atoms with Crippen LogP contribution in [-0.2, 0) is 0 Å². The molecule has 3 nitrogen and oxygen atoms in total. The molecule has 3 heteroatoms. The van der Waals surface area contributed by atoms with Crippen LogP contribution in [0.25, 0.3) is 11.1 Å². The number of fused-ring (bicyclic) bond motifs is 4. The Bertz CT molecular complexity index is 757. The molecule has 0 saturated carbocycles. The molecule has 0 bridgehead atoms. The van der Waals surface area contributed by atoms with Gasteiger partial charge >= 0.3 is 0 Å². The summed E-state index contributed by atoms with van der Waals surface area (Å²) in [6.07, 6.45) is 3.61. The molecule has 0 aromatic heterocycles. The van der Waals surface area contributed by atoms with E-state index >= 15 is 0 Å². The third-order valence-electron chi connectivity index (χ3n) is 3.59. The van der Waals surface area contributed by atoms with Crippen molar-refractivity contribution in [1.29, 1.82) is 0 Å². The highest BCUT2D eigenvalue weighted by atomic mass is 16.5. The number of benzene rings is 2. The molecule has 0 amide bonds. The molecule has 2 heterocycles. The molecule has 2 aromatic carbocycles. The summed E-state index contributed by atoms with van der Waals surface area (Å²) in [5.41, 5.74) is 4.20. The van der Waals surface area contributed by atoms with Crippen LogP contribution in [-0.4, -0.2) is 11.7 Å². The summed E-state index contributed by atoms with van der Waals surface area (Å²) in [4.78, 5) is 0. The van der Waals surface area contributed by atoms with Crippen molar-refractivity contribution in [2.45, 2.75) is 0 Å². The Kier molecular flexibility index (Phi) is 2.33. The first-order valence-corrected chi connectivity index (χ1v) is 6.45. The van der Waals surface area contributed by atoms with E-state index < -0.39 is 0 Å². The number of phenols is 1. The number of aromatic hydroxyl groups is 1. The van der Waals surface area contributed by atoms with Crippen LogP contribution in [0.4, 0.5) is 0 Å². The predicted molar refractivity (Wildman–Crippen MR) is 76.6 cm³/mol. The van der Waals surface area contributed by atoms with E-state index in [9.17, 15) is 5.11 Å². The highest BCUT2D eigenvalue weighted by molar-refractivity contribution is 6.00. The number of para-hydroxylation sites is 1. The number of hydrogen-bond donors (Lipinski definition) is 1. The molecule has 0 fully saturated rings. The summed E-state index contributed by atoms with van der Waals surface area (Å²) >= 11 is 0. The van der Waals surface area contributed by atoms with Gasteiger partial charge in [-0.1, -0.05) is 18.2 Å². The fraction of sp³-hybridized carbons (Fsp3) is 0.0588. The van der Waals surface area contributed by atoms with Crippen LogP contribution < -0.4 is 9.47 Å². The van der Waals surface area contributed by atoms with Gasteiger partial charge in [-0.05, 0) is 29.8 Å². The standard InChI is InChI=1S/C17H12O3/c18-11-5-6-14-15-10-20-16-4-2-1-3-13(16)12(15)7-8-19-17(14)9-11/h1-9,18H,10H2. The molecule has 0 unspecified atom stereocenters. The number of phenolic OH excluding ortho intramolecular Hbond substituents is 1. The Morgan fingerprint density at radius 3 is 2.80 bits per heavy atom. The van der Waals surface area contributed by atoms with Gasteiger partial charge in [-0.3, -0.25) is 0 Å². The van der Waals surface area contributed by atoms with E-state index in [1.807, 2.05) is 36.4 Å². The van der Waals surface area contributed by atoms with Crippen LogP contribution in [0, 0.1) is 0 Å². The quantitative estimate of drug-likeness (QED) is 0.790. The summed E-state index contributed by atoms with van der Waals surface area (Å²) in [6.45, 7) is 0.498. The first-order chi connectivity index (χ1) is 9.83.